The van der Waals surface area contributed by atoms with Gasteiger partial charge in [-0.25, -0.2) is 14.4 Å². The van der Waals surface area contributed by atoms with Crippen LogP contribution in [-0.4, -0.2) is 28.1 Å². The van der Waals surface area contributed by atoms with E-state index >= 15 is 0 Å². The summed E-state index contributed by atoms with van der Waals surface area (Å²) in [5.74, 6) is -1.04. The molecule has 1 aliphatic heterocycles. The summed E-state index contributed by atoms with van der Waals surface area (Å²) >= 11 is 0. The van der Waals surface area contributed by atoms with Crippen molar-refractivity contribution in [1.29, 1.82) is 0 Å². The fraction of sp³-hybridized carbons (Fsp3) is 0.111. The predicted octanol–water partition coefficient (Wildman–Crippen LogP) is -0.325. The molecule has 6 nitrogen and oxygen atoms in total. The smallest absolute Gasteiger partial charge is 0.334 e. The molecule has 0 saturated heterocycles. The molecule has 0 aromatic heterocycles. The molecule has 0 bridgehead atoms. The van der Waals surface area contributed by atoms with Gasteiger partial charge in [0, 0.05) is 18.7 Å². The predicted molar refractivity (Wildman–Crippen MR) is 48.4 cm³/mol. The Morgan fingerprint density at radius 1 is 1.40 bits per heavy atom. The largest absolute Gasteiger partial charge is 0.478 e. The summed E-state index contributed by atoms with van der Waals surface area (Å²) in [4.78, 5) is 31.4. The van der Waals surface area contributed by atoms with Crippen molar-refractivity contribution in [2.75, 3.05) is 0 Å². The zero-order chi connectivity index (χ0) is 11.4. The molecule has 0 spiro atoms. The van der Waals surface area contributed by atoms with Crippen molar-refractivity contribution in [3.05, 3.63) is 29.1 Å². The van der Waals surface area contributed by atoms with Gasteiger partial charge < -0.3 is 15.5 Å². The summed E-state index contributed by atoms with van der Waals surface area (Å²) in [6.07, 6.45) is 1.84. The fourth-order valence-electron chi connectivity index (χ4n) is 1.10. The third-order valence-electron chi connectivity index (χ3n) is 1.83. The maximum absolute atomic E-state index is 10.7. The molecule has 0 aliphatic carbocycles. The second-order valence-electron chi connectivity index (χ2n) is 2.76. The van der Waals surface area contributed by atoms with E-state index in [2.05, 4.69) is 5.32 Å². The highest BCUT2D eigenvalue weighted by molar-refractivity contribution is 5.95. The van der Waals surface area contributed by atoms with E-state index in [4.69, 9.17) is 10.2 Å². The van der Waals surface area contributed by atoms with Gasteiger partial charge in [-0.1, -0.05) is 0 Å². The first-order valence-electron chi connectivity index (χ1n) is 3.92. The molecule has 78 valence electrons. The molecule has 6 heteroatoms. The van der Waals surface area contributed by atoms with Crippen LogP contribution in [0.15, 0.2) is 29.1 Å². The Bertz CT molecular complexity index is 426. The number of hydrogen-bond acceptors (Lipinski definition) is 4. The lowest BCUT2D eigenvalue weighted by Gasteiger charge is -2.14. The fourth-order valence-corrected chi connectivity index (χ4v) is 1.10. The summed E-state index contributed by atoms with van der Waals surface area (Å²) in [6, 6.07) is 0. The molecule has 1 aliphatic rings. The van der Waals surface area contributed by atoms with Crippen LogP contribution in [0.1, 0.15) is 6.42 Å². The maximum Gasteiger partial charge on any atom is 0.334 e. The molecule has 0 atom stereocenters. The Labute approximate surface area is 84.2 Å². The Hall–Kier alpha value is -2.33. The monoisotopic (exact) mass is 209 g/mol. The van der Waals surface area contributed by atoms with Gasteiger partial charge in [0.25, 0.3) is 0 Å². The maximum atomic E-state index is 10.7. The van der Waals surface area contributed by atoms with Crippen LogP contribution in [0.4, 0.5) is 0 Å². The highest BCUT2D eigenvalue weighted by atomic mass is 16.4. The molecule has 0 radical (unpaired) electrons. The summed E-state index contributed by atoms with van der Waals surface area (Å²) in [6.45, 7) is 0. The van der Waals surface area contributed by atoms with Gasteiger partial charge >= 0.3 is 11.9 Å². The molecule has 0 unspecified atom stereocenters. The van der Waals surface area contributed by atoms with Crippen molar-refractivity contribution in [3.8, 4) is 0 Å². The van der Waals surface area contributed by atoms with E-state index in [1.54, 1.807) is 0 Å². The zero-order valence-corrected chi connectivity index (χ0v) is 7.48. The highest BCUT2D eigenvalue weighted by Crippen LogP contribution is 2.19. The Balaban J connectivity index is 3.05. The molecule has 1 rings (SSSR count). The highest BCUT2D eigenvalue weighted by Gasteiger charge is 2.22. The average Bonchev–Trinajstić information content (AvgIpc) is 2.18. The van der Waals surface area contributed by atoms with Crippen LogP contribution in [0.25, 0.3) is 0 Å². The van der Waals surface area contributed by atoms with E-state index in [1.807, 2.05) is 0 Å². The van der Waals surface area contributed by atoms with Crippen molar-refractivity contribution in [3.63, 3.8) is 0 Å². The first kappa shape index (κ1) is 10.7. The molecule has 3 N–H and O–H groups in total. The van der Waals surface area contributed by atoms with Crippen LogP contribution in [0.3, 0.4) is 0 Å². The first-order chi connectivity index (χ1) is 7.06. The molecule has 0 aromatic rings. The molecule has 0 saturated carbocycles. The number of allylic oxidation sites excluding steroid dienone is 1. The molecular formula is C9H7NO5. The standard InChI is InChI=1S/C9H7NO5/c11-2-1-7-6(9(14)15)3-5(4-10-7)8(12)13/h1,4,10H,3H2,(H,12,13)(H,14,15). The van der Waals surface area contributed by atoms with Gasteiger partial charge in [0.15, 0.2) is 0 Å². The van der Waals surface area contributed by atoms with Crippen LogP contribution >= 0.6 is 0 Å². The second-order valence-corrected chi connectivity index (χ2v) is 2.76. The van der Waals surface area contributed by atoms with Crippen LogP contribution in [0.2, 0.25) is 0 Å². The average molecular weight is 209 g/mol. The Kier molecular flexibility index (Phi) is 3.05. The number of carbonyl (C=O) groups excluding carboxylic acids is 1. The minimum absolute atomic E-state index is 0.0579. The van der Waals surface area contributed by atoms with Gasteiger partial charge in [0.2, 0.25) is 0 Å². The topological polar surface area (TPSA) is 104 Å². The normalized spacial score (nSPS) is 14.8. The number of dihydropyridines is 1. The van der Waals surface area contributed by atoms with E-state index in [1.165, 1.54) is 5.94 Å². The number of carboxylic acids is 2. The van der Waals surface area contributed by atoms with Gasteiger partial charge in [0.1, 0.15) is 5.94 Å². The lowest BCUT2D eigenvalue weighted by atomic mass is 10.0. The number of nitrogens with one attached hydrogen (secondary N) is 1. The van der Waals surface area contributed by atoms with Crippen LogP contribution in [-0.2, 0) is 14.4 Å². The van der Waals surface area contributed by atoms with E-state index < -0.39 is 11.9 Å². The minimum Gasteiger partial charge on any atom is -0.478 e. The number of aliphatic carboxylic acids is 2. The van der Waals surface area contributed by atoms with Gasteiger partial charge in [0.05, 0.1) is 16.8 Å². The Morgan fingerprint density at radius 2 is 2.07 bits per heavy atom. The quantitative estimate of drug-likeness (QED) is 0.550. The SMILES string of the molecule is O=C=CC1=C(C(=O)O)CC(C(=O)O)=CN1. The van der Waals surface area contributed by atoms with Crippen molar-refractivity contribution in [2.24, 2.45) is 0 Å². The summed E-state index contributed by atoms with van der Waals surface area (Å²) in [5, 5.41) is 19.8. The van der Waals surface area contributed by atoms with Gasteiger partial charge in [-0.2, -0.15) is 0 Å². The number of hydrogen-bond donors (Lipinski definition) is 3. The lowest BCUT2D eigenvalue weighted by molar-refractivity contribution is -0.133. The van der Waals surface area contributed by atoms with E-state index in [9.17, 15) is 14.4 Å². The minimum atomic E-state index is -1.27. The van der Waals surface area contributed by atoms with Crippen molar-refractivity contribution < 1.29 is 24.6 Å². The van der Waals surface area contributed by atoms with Gasteiger partial charge in [-0.15, -0.1) is 0 Å². The van der Waals surface area contributed by atoms with Crippen LogP contribution in [0, 0.1) is 0 Å². The number of carbonyl (C=O) groups is 2. The molecule has 0 amide bonds. The number of rotatable bonds is 3. The summed E-state index contributed by atoms with van der Waals surface area (Å²) in [5.41, 5.74) is -0.184. The van der Waals surface area contributed by atoms with E-state index in [0.29, 0.717) is 0 Å². The van der Waals surface area contributed by atoms with E-state index in [-0.39, 0.29) is 23.3 Å². The molecule has 15 heavy (non-hydrogen) atoms. The first-order valence-corrected chi connectivity index (χ1v) is 3.92. The van der Waals surface area contributed by atoms with Gasteiger partial charge in [-0.05, 0) is 0 Å². The lowest BCUT2D eigenvalue weighted by Crippen LogP contribution is -2.21. The summed E-state index contributed by atoms with van der Waals surface area (Å²) in [7, 11) is 0. The summed E-state index contributed by atoms with van der Waals surface area (Å²) < 4.78 is 0. The number of carboxylic acid groups (broad SMARTS) is 2. The van der Waals surface area contributed by atoms with E-state index in [0.717, 1.165) is 12.3 Å². The van der Waals surface area contributed by atoms with Crippen molar-refractivity contribution in [2.45, 2.75) is 6.42 Å². The van der Waals surface area contributed by atoms with Crippen LogP contribution < -0.4 is 5.32 Å². The van der Waals surface area contributed by atoms with Crippen LogP contribution in [0.5, 0.6) is 0 Å². The molecular weight excluding hydrogens is 202 g/mol. The third kappa shape index (κ3) is 2.32. The third-order valence-corrected chi connectivity index (χ3v) is 1.83. The van der Waals surface area contributed by atoms with Crippen molar-refractivity contribution >= 4 is 17.9 Å². The zero-order valence-electron chi connectivity index (χ0n) is 7.48. The molecule has 0 aromatic carbocycles. The molecule has 0 fully saturated rings. The van der Waals surface area contributed by atoms with Gasteiger partial charge in [-0.3, -0.25) is 0 Å². The second kappa shape index (κ2) is 4.26. The molecule has 1 heterocycles. The Morgan fingerprint density at radius 3 is 2.53 bits per heavy atom. The van der Waals surface area contributed by atoms with Crippen molar-refractivity contribution in [1.82, 2.24) is 5.32 Å².